The van der Waals surface area contributed by atoms with Crippen LogP contribution in [-0.2, 0) is 4.74 Å². The van der Waals surface area contributed by atoms with Crippen LogP contribution < -0.4 is 4.74 Å². The second kappa shape index (κ2) is 7.89. The Morgan fingerprint density at radius 3 is 3.00 bits per heavy atom. The van der Waals surface area contributed by atoms with Crippen molar-refractivity contribution in [3.05, 3.63) is 29.8 Å². The standard InChI is InChI=1S/C16H22O2S2/c1-3-18-16(19)20-11-13-7-5-9-15(13)12-6-4-8-14(10-12)17-2/h4,6,8,10,13,15H,3,5,7,9,11H2,1-2H3/t13-,15+/m1/s1. The topological polar surface area (TPSA) is 18.5 Å². The van der Waals surface area contributed by atoms with E-state index in [1.165, 1.54) is 24.8 Å². The van der Waals surface area contributed by atoms with Gasteiger partial charge in [0.15, 0.2) is 0 Å². The highest BCUT2D eigenvalue weighted by Crippen LogP contribution is 2.42. The summed E-state index contributed by atoms with van der Waals surface area (Å²) in [7, 11) is 1.72. The summed E-state index contributed by atoms with van der Waals surface area (Å²) < 4.78 is 11.4. The summed E-state index contributed by atoms with van der Waals surface area (Å²) in [6.45, 7) is 2.64. The molecule has 1 aromatic rings. The average molecular weight is 310 g/mol. The molecule has 0 amide bonds. The van der Waals surface area contributed by atoms with Gasteiger partial charge in [0.25, 0.3) is 0 Å². The molecule has 2 nitrogen and oxygen atoms in total. The van der Waals surface area contributed by atoms with E-state index < -0.39 is 0 Å². The van der Waals surface area contributed by atoms with Crippen molar-refractivity contribution in [2.75, 3.05) is 19.5 Å². The highest BCUT2D eigenvalue weighted by molar-refractivity contribution is 8.22. The lowest BCUT2D eigenvalue weighted by Crippen LogP contribution is -2.11. The second-order valence-electron chi connectivity index (χ2n) is 5.07. The van der Waals surface area contributed by atoms with Crippen LogP contribution in [0.1, 0.15) is 37.7 Å². The second-order valence-corrected chi connectivity index (χ2v) is 6.69. The SMILES string of the molecule is CCOC(=S)SC[C@H]1CCC[C@H]1c1cccc(OC)c1. The molecule has 0 saturated heterocycles. The highest BCUT2D eigenvalue weighted by Gasteiger charge is 2.29. The van der Waals surface area contributed by atoms with E-state index in [0.717, 1.165) is 11.5 Å². The molecular weight excluding hydrogens is 288 g/mol. The van der Waals surface area contributed by atoms with Crippen molar-refractivity contribution >= 4 is 28.4 Å². The lowest BCUT2D eigenvalue weighted by molar-refractivity contribution is 0.346. The first-order chi connectivity index (χ1) is 9.74. The molecule has 1 aliphatic rings. The summed E-state index contributed by atoms with van der Waals surface area (Å²) in [5.41, 5.74) is 1.40. The van der Waals surface area contributed by atoms with Crippen molar-refractivity contribution < 1.29 is 9.47 Å². The summed E-state index contributed by atoms with van der Waals surface area (Å²) in [5.74, 6) is 3.32. The molecule has 0 bridgehead atoms. The Bertz CT molecular complexity index is 448. The van der Waals surface area contributed by atoms with E-state index >= 15 is 0 Å². The van der Waals surface area contributed by atoms with Gasteiger partial charge in [0.1, 0.15) is 5.75 Å². The number of hydrogen-bond donors (Lipinski definition) is 0. The number of rotatable bonds is 5. The lowest BCUT2D eigenvalue weighted by Gasteiger charge is -2.20. The van der Waals surface area contributed by atoms with Crippen molar-refractivity contribution in [3.8, 4) is 5.75 Å². The van der Waals surface area contributed by atoms with Crippen molar-refractivity contribution in [1.82, 2.24) is 0 Å². The fourth-order valence-corrected chi connectivity index (χ4v) is 4.15. The predicted molar refractivity (Wildman–Crippen MR) is 89.8 cm³/mol. The average Bonchev–Trinajstić information content (AvgIpc) is 2.94. The zero-order valence-electron chi connectivity index (χ0n) is 12.1. The van der Waals surface area contributed by atoms with Gasteiger partial charge in [-0.2, -0.15) is 0 Å². The summed E-state index contributed by atoms with van der Waals surface area (Å²) in [6, 6.07) is 8.49. The van der Waals surface area contributed by atoms with Crippen molar-refractivity contribution in [3.63, 3.8) is 0 Å². The molecular formula is C16H22O2S2. The minimum Gasteiger partial charge on any atom is -0.497 e. The Kier molecular flexibility index (Phi) is 6.17. The minimum absolute atomic E-state index is 0.627. The molecule has 0 heterocycles. The molecule has 2 atom stereocenters. The Labute approximate surface area is 131 Å². The molecule has 0 N–H and O–H groups in total. The number of ether oxygens (including phenoxy) is 2. The van der Waals surface area contributed by atoms with Crippen molar-refractivity contribution in [2.45, 2.75) is 32.1 Å². The van der Waals surface area contributed by atoms with Gasteiger partial charge in [-0.3, -0.25) is 0 Å². The fraction of sp³-hybridized carbons (Fsp3) is 0.562. The first-order valence-electron chi connectivity index (χ1n) is 7.18. The highest BCUT2D eigenvalue weighted by atomic mass is 32.2. The van der Waals surface area contributed by atoms with Crippen LogP contribution in [0.4, 0.5) is 0 Å². The van der Waals surface area contributed by atoms with Crippen LogP contribution in [0.3, 0.4) is 0 Å². The molecule has 110 valence electrons. The molecule has 20 heavy (non-hydrogen) atoms. The first-order valence-corrected chi connectivity index (χ1v) is 8.57. The third-order valence-electron chi connectivity index (χ3n) is 3.86. The van der Waals surface area contributed by atoms with E-state index in [9.17, 15) is 0 Å². The Balaban J connectivity index is 1.97. The number of hydrogen-bond acceptors (Lipinski definition) is 4. The third-order valence-corrected chi connectivity index (χ3v) is 5.28. The number of methoxy groups -OCH3 is 1. The largest absolute Gasteiger partial charge is 0.497 e. The summed E-state index contributed by atoms with van der Waals surface area (Å²) in [6.07, 6.45) is 3.85. The zero-order chi connectivity index (χ0) is 14.4. The maximum atomic E-state index is 5.35. The van der Waals surface area contributed by atoms with Crippen molar-refractivity contribution in [1.29, 1.82) is 0 Å². The van der Waals surface area contributed by atoms with Gasteiger partial charge in [0.05, 0.1) is 13.7 Å². The molecule has 1 aromatic carbocycles. The Morgan fingerprint density at radius 2 is 2.25 bits per heavy atom. The van der Waals surface area contributed by atoms with E-state index in [4.69, 9.17) is 21.7 Å². The Hall–Kier alpha value is -0.740. The molecule has 0 aromatic heterocycles. The predicted octanol–water partition coefficient (Wildman–Crippen LogP) is 4.63. The van der Waals surface area contributed by atoms with Gasteiger partial charge in [-0.05, 0) is 61.5 Å². The van der Waals surface area contributed by atoms with Gasteiger partial charge < -0.3 is 9.47 Å². The molecule has 2 rings (SSSR count). The molecule has 0 unspecified atom stereocenters. The quantitative estimate of drug-likeness (QED) is 0.738. The summed E-state index contributed by atoms with van der Waals surface area (Å²) in [5, 5.41) is 0. The van der Waals surface area contributed by atoms with Crippen LogP contribution in [0.5, 0.6) is 5.75 Å². The van der Waals surface area contributed by atoms with E-state index in [0.29, 0.717) is 22.8 Å². The van der Waals surface area contributed by atoms with E-state index in [1.807, 2.05) is 13.0 Å². The molecule has 4 heteroatoms. The van der Waals surface area contributed by atoms with Crippen LogP contribution in [0, 0.1) is 5.92 Å². The maximum absolute atomic E-state index is 5.35. The molecule has 0 spiro atoms. The van der Waals surface area contributed by atoms with Crippen molar-refractivity contribution in [2.24, 2.45) is 5.92 Å². The molecule has 1 fully saturated rings. The zero-order valence-corrected chi connectivity index (χ0v) is 13.8. The maximum Gasteiger partial charge on any atom is 0.219 e. The summed E-state index contributed by atoms with van der Waals surface area (Å²) in [4.78, 5) is 0. The molecule has 1 aliphatic carbocycles. The van der Waals surface area contributed by atoms with Gasteiger partial charge in [0, 0.05) is 5.75 Å². The van der Waals surface area contributed by atoms with Gasteiger partial charge in [0.2, 0.25) is 4.38 Å². The van der Waals surface area contributed by atoms with Crippen LogP contribution in [0.15, 0.2) is 24.3 Å². The van der Waals surface area contributed by atoms with E-state index in [-0.39, 0.29) is 0 Å². The van der Waals surface area contributed by atoms with Gasteiger partial charge in [-0.25, -0.2) is 0 Å². The van der Waals surface area contributed by atoms with E-state index in [2.05, 4.69) is 18.2 Å². The summed E-state index contributed by atoms with van der Waals surface area (Å²) >= 11 is 6.89. The van der Waals surface area contributed by atoms with Gasteiger partial charge in [-0.15, -0.1) is 0 Å². The fourth-order valence-electron chi connectivity index (χ4n) is 2.88. The lowest BCUT2D eigenvalue weighted by atomic mass is 9.90. The number of thioether (sulfide) groups is 1. The van der Waals surface area contributed by atoms with Crippen LogP contribution in [0.25, 0.3) is 0 Å². The molecule has 0 radical (unpaired) electrons. The first kappa shape index (κ1) is 15.6. The normalized spacial score (nSPS) is 21.7. The monoisotopic (exact) mass is 310 g/mol. The van der Waals surface area contributed by atoms with Crippen LogP contribution in [-0.4, -0.2) is 23.9 Å². The van der Waals surface area contributed by atoms with Gasteiger partial charge in [-0.1, -0.05) is 30.3 Å². The van der Waals surface area contributed by atoms with Crippen LogP contribution in [0.2, 0.25) is 0 Å². The molecule has 0 aliphatic heterocycles. The molecule has 1 saturated carbocycles. The number of thiocarbonyl (C=S) groups is 1. The third kappa shape index (κ3) is 4.13. The minimum atomic E-state index is 0.627. The van der Waals surface area contributed by atoms with Gasteiger partial charge >= 0.3 is 0 Å². The number of benzene rings is 1. The van der Waals surface area contributed by atoms with E-state index in [1.54, 1.807) is 18.9 Å². The smallest absolute Gasteiger partial charge is 0.219 e. The van der Waals surface area contributed by atoms with Crippen LogP contribution >= 0.6 is 24.0 Å². The Morgan fingerprint density at radius 1 is 1.40 bits per heavy atom.